The summed E-state index contributed by atoms with van der Waals surface area (Å²) in [4.78, 5) is 6.92. The molecule has 3 aromatic rings. The normalized spacial score (nSPS) is 18.7. The lowest BCUT2D eigenvalue weighted by Crippen LogP contribution is -2.29. The van der Waals surface area contributed by atoms with E-state index < -0.39 is 0 Å². The van der Waals surface area contributed by atoms with E-state index in [-0.39, 0.29) is 15.8 Å². The van der Waals surface area contributed by atoms with Gasteiger partial charge in [-0.3, -0.25) is 4.98 Å². The third kappa shape index (κ3) is 5.56. The molecule has 0 spiro atoms. The molecule has 1 fully saturated rings. The topological polar surface area (TPSA) is 48.4 Å². The molecule has 0 amide bonds. The molecule has 0 unspecified atom stereocenters. The molecule has 0 bridgehead atoms. The summed E-state index contributed by atoms with van der Waals surface area (Å²) in [7, 11) is 4.29. The number of phenolic OH excluding ortho intramolecular Hbond substituents is 1. The highest BCUT2D eigenvalue weighted by Crippen LogP contribution is 2.39. The van der Waals surface area contributed by atoms with E-state index >= 15 is 0 Å². The molecule has 0 aliphatic heterocycles. The molecule has 33 heavy (non-hydrogen) atoms. The average Bonchev–Trinajstić information content (AvgIpc) is 2.81. The van der Waals surface area contributed by atoms with Crippen molar-refractivity contribution in [1.29, 1.82) is 0 Å². The van der Waals surface area contributed by atoms with E-state index in [1.54, 1.807) is 12.1 Å². The number of halogens is 2. The second kappa shape index (κ2) is 10.5. The predicted octanol–water partition coefficient (Wildman–Crippen LogP) is 7.22. The maximum atomic E-state index is 9.94. The molecule has 1 aliphatic rings. The summed E-state index contributed by atoms with van der Waals surface area (Å²) in [5.74, 6) is 0.651. The number of pyridine rings is 1. The Labute approximate surface area is 206 Å². The van der Waals surface area contributed by atoms with Crippen molar-refractivity contribution >= 4 is 39.8 Å². The van der Waals surface area contributed by atoms with Gasteiger partial charge in [-0.1, -0.05) is 42.1 Å². The minimum Gasteiger partial charge on any atom is -0.505 e. The van der Waals surface area contributed by atoms with Gasteiger partial charge in [-0.2, -0.15) is 0 Å². The first-order valence-electron chi connectivity index (χ1n) is 11.5. The van der Waals surface area contributed by atoms with Crippen molar-refractivity contribution in [3.63, 3.8) is 0 Å². The zero-order valence-corrected chi connectivity index (χ0v) is 20.8. The van der Waals surface area contributed by atoms with Gasteiger partial charge in [0.1, 0.15) is 0 Å². The summed E-state index contributed by atoms with van der Waals surface area (Å²) in [6.45, 7) is 5.15. The highest BCUT2D eigenvalue weighted by molar-refractivity contribution is 6.37. The van der Waals surface area contributed by atoms with Crippen LogP contribution < -0.4 is 5.32 Å². The van der Waals surface area contributed by atoms with Gasteiger partial charge in [0.05, 0.1) is 15.6 Å². The Morgan fingerprint density at radius 1 is 1.15 bits per heavy atom. The van der Waals surface area contributed by atoms with Crippen LogP contribution in [0.4, 0.5) is 5.69 Å². The first kappa shape index (κ1) is 24.1. The van der Waals surface area contributed by atoms with Crippen LogP contribution in [0.5, 0.6) is 5.75 Å². The first-order chi connectivity index (χ1) is 15.9. The number of nitrogens with zero attached hydrogens (tertiary/aromatic N) is 2. The van der Waals surface area contributed by atoms with Gasteiger partial charge in [-0.15, -0.1) is 0 Å². The van der Waals surface area contributed by atoms with Crippen LogP contribution in [0, 0.1) is 19.3 Å². The second-order valence-corrected chi connectivity index (χ2v) is 10.1. The van der Waals surface area contributed by atoms with E-state index in [2.05, 4.69) is 42.3 Å². The summed E-state index contributed by atoms with van der Waals surface area (Å²) in [5, 5.41) is 15.3. The molecule has 2 atom stereocenters. The van der Waals surface area contributed by atoms with Crippen LogP contribution in [0.25, 0.3) is 22.0 Å². The monoisotopic (exact) mass is 483 g/mol. The predicted molar refractivity (Wildman–Crippen MR) is 140 cm³/mol. The van der Waals surface area contributed by atoms with E-state index in [0.717, 1.165) is 45.7 Å². The van der Waals surface area contributed by atoms with Crippen LogP contribution in [0.2, 0.25) is 10.0 Å². The number of hydrogen-bond donors (Lipinski definition) is 2. The Kier molecular flexibility index (Phi) is 7.68. The summed E-state index contributed by atoms with van der Waals surface area (Å²) in [6.07, 6.45) is 9.89. The molecule has 1 aliphatic carbocycles. The summed E-state index contributed by atoms with van der Waals surface area (Å²) >= 11 is 12.4. The van der Waals surface area contributed by atoms with Crippen LogP contribution in [0.15, 0.2) is 36.5 Å². The van der Waals surface area contributed by atoms with Gasteiger partial charge >= 0.3 is 0 Å². The number of aromatic hydroxyl groups is 1. The average molecular weight is 484 g/mol. The Balaban J connectivity index is 1.67. The number of benzene rings is 2. The summed E-state index contributed by atoms with van der Waals surface area (Å²) in [6, 6.07) is 10.0. The van der Waals surface area contributed by atoms with Gasteiger partial charge < -0.3 is 15.3 Å². The van der Waals surface area contributed by atoms with Crippen LogP contribution >= 0.6 is 23.2 Å². The smallest absolute Gasteiger partial charge is 0.152 e. The van der Waals surface area contributed by atoms with Crippen molar-refractivity contribution in [2.75, 3.05) is 26.0 Å². The second-order valence-electron chi connectivity index (χ2n) is 9.28. The number of fused-ring (bicyclic) bond motifs is 1. The van der Waals surface area contributed by atoms with E-state index in [9.17, 15) is 5.11 Å². The summed E-state index contributed by atoms with van der Waals surface area (Å²) in [5.41, 5.74) is 4.80. The molecular weight excluding hydrogens is 453 g/mol. The largest absolute Gasteiger partial charge is 0.505 e. The first-order valence-corrected chi connectivity index (χ1v) is 12.3. The van der Waals surface area contributed by atoms with Crippen LogP contribution in [0.1, 0.15) is 37.7 Å². The molecule has 0 saturated heterocycles. The molecule has 2 radical (unpaired) electrons. The molecular formula is C27H31Cl2N3O. The van der Waals surface area contributed by atoms with E-state index in [1.165, 1.54) is 32.1 Å². The zero-order chi connectivity index (χ0) is 23.5. The SMILES string of the molecule is [CH2][CH]c1cnc2ccc(-c3cc(Cl)c(O)c(Cl)c3)cc2c1N[C@H]1CCC[C@H](CCN(C)C)C1. The molecule has 2 aromatic carbocycles. The maximum Gasteiger partial charge on any atom is 0.152 e. The maximum absolute atomic E-state index is 9.94. The number of rotatable bonds is 7. The van der Waals surface area contributed by atoms with Gasteiger partial charge in [-0.05, 0) is 100 Å². The molecule has 2 N–H and O–H groups in total. The Hall–Kier alpha value is -2.01. The number of aromatic nitrogens is 1. The van der Waals surface area contributed by atoms with Crippen molar-refractivity contribution < 1.29 is 5.11 Å². The third-order valence-corrected chi connectivity index (χ3v) is 7.16. The van der Waals surface area contributed by atoms with Crippen molar-refractivity contribution in [3.05, 3.63) is 65.5 Å². The molecule has 4 nitrogen and oxygen atoms in total. The van der Waals surface area contributed by atoms with Gasteiger partial charge in [0.15, 0.2) is 5.75 Å². The Morgan fingerprint density at radius 2 is 1.91 bits per heavy atom. The van der Waals surface area contributed by atoms with E-state index in [1.807, 2.05) is 24.8 Å². The van der Waals surface area contributed by atoms with E-state index in [4.69, 9.17) is 23.2 Å². The van der Waals surface area contributed by atoms with Crippen molar-refractivity contribution in [2.24, 2.45) is 5.92 Å². The van der Waals surface area contributed by atoms with Crippen LogP contribution in [-0.4, -0.2) is 41.7 Å². The lowest BCUT2D eigenvalue weighted by molar-refractivity contribution is 0.279. The number of anilines is 1. The molecule has 4 rings (SSSR count). The minimum atomic E-state index is -0.0954. The highest BCUT2D eigenvalue weighted by atomic mass is 35.5. The van der Waals surface area contributed by atoms with Crippen LogP contribution in [0.3, 0.4) is 0 Å². The molecule has 1 heterocycles. The van der Waals surface area contributed by atoms with Gasteiger partial charge in [0.2, 0.25) is 0 Å². The van der Waals surface area contributed by atoms with Gasteiger partial charge in [-0.25, -0.2) is 0 Å². The fraction of sp³-hybridized carbons (Fsp3) is 0.370. The van der Waals surface area contributed by atoms with Crippen molar-refractivity contribution in [1.82, 2.24) is 9.88 Å². The van der Waals surface area contributed by atoms with Gasteiger partial charge in [0, 0.05) is 23.3 Å². The van der Waals surface area contributed by atoms with Crippen molar-refractivity contribution in [3.8, 4) is 16.9 Å². The lowest BCUT2D eigenvalue weighted by Gasteiger charge is -2.32. The lowest BCUT2D eigenvalue weighted by atomic mass is 9.83. The fourth-order valence-corrected chi connectivity index (χ4v) is 5.25. The molecule has 1 saturated carbocycles. The standard InChI is InChI=1S/C27H31Cl2N3O/c1-4-18-16-30-25-9-8-19(20-14-23(28)27(33)24(29)15-20)13-22(25)26(18)31-21-7-5-6-17(12-21)10-11-32(2)3/h4,8-9,13-17,21,33H,1,5-7,10-12H2,2-3H3,(H,30,31)/t17-,21+/m1/s1. The quantitative estimate of drug-likeness (QED) is 0.372. The highest BCUT2D eigenvalue weighted by Gasteiger charge is 2.23. The number of hydrogen-bond acceptors (Lipinski definition) is 4. The number of nitrogens with one attached hydrogen (secondary N) is 1. The molecule has 174 valence electrons. The molecule has 6 heteroatoms. The van der Waals surface area contributed by atoms with E-state index in [0.29, 0.717) is 6.04 Å². The summed E-state index contributed by atoms with van der Waals surface area (Å²) < 4.78 is 0. The zero-order valence-electron chi connectivity index (χ0n) is 19.2. The third-order valence-electron chi connectivity index (χ3n) is 6.58. The Morgan fingerprint density at radius 3 is 2.61 bits per heavy atom. The van der Waals surface area contributed by atoms with Crippen molar-refractivity contribution in [2.45, 2.75) is 38.1 Å². The fourth-order valence-electron chi connectivity index (χ4n) is 4.76. The number of phenols is 1. The van der Waals surface area contributed by atoms with Gasteiger partial charge in [0.25, 0.3) is 0 Å². The molecule has 1 aromatic heterocycles. The van der Waals surface area contributed by atoms with Crippen LogP contribution in [-0.2, 0) is 0 Å². The Bertz CT molecular complexity index is 1110. The minimum absolute atomic E-state index is 0.0954.